The fraction of sp³-hybridized carbons (Fsp3) is 0.552. The van der Waals surface area contributed by atoms with Crippen molar-refractivity contribution in [3.05, 3.63) is 59.7 Å². The molecule has 0 spiro atoms. The number of fused-ring (bicyclic) bond motifs is 5. The van der Waals surface area contributed by atoms with E-state index in [0.717, 1.165) is 18.4 Å². The highest BCUT2D eigenvalue weighted by Crippen LogP contribution is 2.69. The van der Waals surface area contributed by atoms with Crippen LogP contribution in [0.2, 0.25) is 0 Å². The zero-order valence-corrected chi connectivity index (χ0v) is 20.6. The fourth-order valence-electron chi connectivity index (χ4n) is 8.41. The molecular formula is C29H34O6. The minimum Gasteiger partial charge on any atom is -0.446 e. The van der Waals surface area contributed by atoms with Crippen LogP contribution in [0.4, 0.5) is 0 Å². The first-order valence-corrected chi connectivity index (χ1v) is 12.6. The Bertz CT molecular complexity index is 1120. The second kappa shape index (κ2) is 8.24. The zero-order valence-electron chi connectivity index (χ0n) is 20.6. The molecule has 35 heavy (non-hydrogen) atoms. The van der Waals surface area contributed by atoms with E-state index >= 15 is 0 Å². The molecule has 6 heteroatoms. The molecule has 0 aromatic heterocycles. The third kappa shape index (κ3) is 3.26. The molecule has 0 heterocycles. The lowest BCUT2D eigenvalue weighted by Crippen LogP contribution is -2.64. The van der Waals surface area contributed by atoms with Crippen molar-refractivity contribution in [1.29, 1.82) is 0 Å². The third-order valence-corrected chi connectivity index (χ3v) is 9.86. The monoisotopic (exact) mass is 478 g/mol. The topological polar surface area (TPSA) is 101 Å². The predicted molar refractivity (Wildman–Crippen MR) is 129 cm³/mol. The van der Waals surface area contributed by atoms with Gasteiger partial charge in [0.05, 0.1) is 11.7 Å². The number of ketones is 2. The molecule has 0 aliphatic heterocycles. The van der Waals surface area contributed by atoms with Crippen molar-refractivity contribution in [2.45, 2.75) is 58.2 Å². The molecule has 0 unspecified atom stereocenters. The van der Waals surface area contributed by atoms with E-state index in [1.54, 1.807) is 42.5 Å². The van der Waals surface area contributed by atoms with Gasteiger partial charge in [-0.25, -0.2) is 4.79 Å². The lowest BCUT2D eigenvalue weighted by Gasteiger charge is -2.60. The van der Waals surface area contributed by atoms with Crippen LogP contribution in [0.25, 0.3) is 0 Å². The van der Waals surface area contributed by atoms with Crippen molar-refractivity contribution in [3.63, 3.8) is 0 Å². The lowest BCUT2D eigenvalue weighted by molar-refractivity contribution is -0.184. The van der Waals surface area contributed by atoms with Crippen LogP contribution < -0.4 is 0 Å². The largest absolute Gasteiger partial charge is 0.446 e. The van der Waals surface area contributed by atoms with E-state index in [1.165, 1.54) is 0 Å². The maximum Gasteiger partial charge on any atom is 0.339 e. The van der Waals surface area contributed by atoms with Gasteiger partial charge in [0.2, 0.25) is 5.78 Å². The smallest absolute Gasteiger partial charge is 0.339 e. The first-order valence-electron chi connectivity index (χ1n) is 12.6. The van der Waals surface area contributed by atoms with Gasteiger partial charge in [-0.2, -0.15) is 0 Å². The normalized spacial score (nSPS) is 41.9. The van der Waals surface area contributed by atoms with Crippen molar-refractivity contribution in [2.75, 3.05) is 6.61 Å². The number of hydrogen-bond acceptors (Lipinski definition) is 6. The lowest BCUT2D eigenvalue weighted by atomic mass is 9.46. The Kier molecular flexibility index (Phi) is 5.68. The molecule has 5 rings (SSSR count). The molecule has 1 aromatic carbocycles. The number of carbonyl (C=O) groups is 3. The Labute approximate surface area is 206 Å². The average Bonchev–Trinajstić information content (AvgIpc) is 3.06. The Morgan fingerprint density at radius 1 is 1.17 bits per heavy atom. The molecule has 2 N–H and O–H groups in total. The van der Waals surface area contributed by atoms with Crippen LogP contribution in [-0.4, -0.2) is 46.1 Å². The van der Waals surface area contributed by atoms with Gasteiger partial charge in [-0.1, -0.05) is 50.6 Å². The quantitative estimate of drug-likeness (QED) is 0.641. The number of ether oxygens (including phenoxy) is 1. The van der Waals surface area contributed by atoms with Crippen molar-refractivity contribution in [2.24, 2.45) is 34.5 Å². The molecule has 186 valence electrons. The summed E-state index contributed by atoms with van der Waals surface area (Å²) in [6, 6.07) is 8.59. The molecule has 1 aromatic rings. The highest BCUT2D eigenvalue weighted by atomic mass is 16.6. The van der Waals surface area contributed by atoms with Gasteiger partial charge in [-0.05, 0) is 61.8 Å². The number of aliphatic hydroxyl groups is 2. The number of Topliss-reactive ketones (excluding diaryl/α,β-unsaturated/α-hetero) is 1. The van der Waals surface area contributed by atoms with E-state index in [1.807, 2.05) is 19.9 Å². The van der Waals surface area contributed by atoms with E-state index in [4.69, 9.17) is 4.74 Å². The molecule has 8 atom stereocenters. The highest BCUT2D eigenvalue weighted by Gasteiger charge is 2.72. The molecule has 0 amide bonds. The summed E-state index contributed by atoms with van der Waals surface area (Å²) in [5.41, 5.74) is -1.37. The zero-order chi connectivity index (χ0) is 25.2. The Morgan fingerprint density at radius 2 is 1.89 bits per heavy atom. The first kappa shape index (κ1) is 24.1. The number of allylic oxidation sites excluding steroid dienone is 4. The van der Waals surface area contributed by atoms with Crippen molar-refractivity contribution >= 4 is 17.5 Å². The van der Waals surface area contributed by atoms with Gasteiger partial charge < -0.3 is 14.9 Å². The molecule has 4 aliphatic rings. The SMILES string of the molecule is C[C@@H]1C[C@H]2[C@@H]3CCC4=CC(=O)C=C[C@]4(C)[C@H]3[C@@H](O)C[C@]2(C)[C@]1(OC(=O)c1ccccc1)C(=O)CO. The maximum atomic E-state index is 13.5. The third-order valence-electron chi connectivity index (χ3n) is 9.86. The number of rotatable bonds is 4. The number of esters is 1. The standard InChI is InChI=1S/C29H34O6/c1-17-13-22-21-10-9-19-14-20(31)11-12-27(19,2)25(21)23(32)15-28(22,3)29(17,24(33)16-30)35-26(34)18-7-5-4-6-8-18/h4-8,11-12,14,17,21-23,25,30,32H,9-10,13,15-16H2,1-3H3/t17-,21+,22+,23+,25-,27+,28+,29-/m1/s1. The van der Waals surface area contributed by atoms with E-state index in [2.05, 4.69) is 6.92 Å². The van der Waals surface area contributed by atoms with Crippen LogP contribution in [0.3, 0.4) is 0 Å². The van der Waals surface area contributed by atoms with Gasteiger partial charge in [0.1, 0.15) is 6.61 Å². The van der Waals surface area contributed by atoms with Gasteiger partial charge in [0, 0.05) is 22.7 Å². The van der Waals surface area contributed by atoms with E-state index in [-0.39, 0.29) is 35.9 Å². The van der Waals surface area contributed by atoms with Crippen LogP contribution >= 0.6 is 0 Å². The van der Waals surface area contributed by atoms with Crippen LogP contribution in [0.5, 0.6) is 0 Å². The van der Waals surface area contributed by atoms with Crippen LogP contribution in [0.1, 0.15) is 56.8 Å². The summed E-state index contributed by atoms with van der Waals surface area (Å²) in [6.07, 6.45) is 7.02. The Balaban J connectivity index is 1.57. The molecule has 0 saturated heterocycles. The number of benzene rings is 1. The highest BCUT2D eigenvalue weighted by molar-refractivity contribution is 6.01. The number of carbonyl (C=O) groups excluding carboxylic acids is 3. The van der Waals surface area contributed by atoms with Crippen molar-refractivity contribution < 1.29 is 29.3 Å². The fourth-order valence-corrected chi connectivity index (χ4v) is 8.41. The van der Waals surface area contributed by atoms with E-state index in [0.29, 0.717) is 12.0 Å². The molecule has 3 saturated carbocycles. The van der Waals surface area contributed by atoms with Crippen molar-refractivity contribution in [3.8, 4) is 0 Å². The average molecular weight is 479 g/mol. The van der Waals surface area contributed by atoms with E-state index in [9.17, 15) is 24.6 Å². The second-order valence-electron chi connectivity index (χ2n) is 11.4. The van der Waals surface area contributed by atoms with Gasteiger partial charge in [0.15, 0.2) is 11.4 Å². The van der Waals surface area contributed by atoms with Crippen LogP contribution in [-0.2, 0) is 14.3 Å². The Hall–Kier alpha value is -2.57. The molecule has 3 fully saturated rings. The van der Waals surface area contributed by atoms with Crippen LogP contribution in [0.15, 0.2) is 54.1 Å². The summed E-state index contributed by atoms with van der Waals surface area (Å²) in [7, 11) is 0. The van der Waals surface area contributed by atoms with Gasteiger partial charge >= 0.3 is 5.97 Å². The summed E-state index contributed by atoms with van der Waals surface area (Å²) in [5.74, 6) is -1.40. The molecular weight excluding hydrogens is 444 g/mol. The molecule has 0 radical (unpaired) electrons. The number of aliphatic hydroxyl groups excluding tert-OH is 2. The summed E-state index contributed by atoms with van der Waals surface area (Å²) in [4.78, 5) is 38.8. The minimum atomic E-state index is -1.53. The second-order valence-corrected chi connectivity index (χ2v) is 11.4. The first-order chi connectivity index (χ1) is 16.6. The summed E-state index contributed by atoms with van der Waals surface area (Å²) < 4.78 is 6.17. The van der Waals surface area contributed by atoms with Gasteiger partial charge in [-0.3, -0.25) is 9.59 Å². The van der Waals surface area contributed by atoms with Crippen LogP contribution in [0, 0.1) is 34.5 Å². The summed E-state index contributed by atoms with van der Waals surface area (Å²) in [6.45, 7) is 5.25. The van der Waals surface area contributed by atoms with Gasteiger partial charge in [0.25, 0.3) is 0 Å². The molecule has 4 aliphatic carbocycles. The maximum absolute atomic E-state index is 13.5. The summed E-state index contributed by atoms with van der Waals surface area (Å²) >= 11 is 0. The molecule has 6 nitrogen and oxygen atoms in total. The molecule has 0 bridgehead atoms. The number of hydrogen-bond donors (Lipinski definition) is 2. The van der Waals surface area contributed by atoms with Crippen molar-refractivity contribution in [1.82, 2.24) is 0 Å². The Morgan fingerprint density at radius 3 is 2.57 bits per heavy atom. The predicted octanol–water partition coefficient (Wildman–Crippen LogP) is 3.67. The minimum absolute atomic E-state index is 0.0130. The van der Waals surface area contributed by atoms with E-state index < -0.39 is 40.9 Å². The summed E-state index contributed by atoms with van der Waals surface area (Å²) in [5, 5.41) is 21.7. The van der Waals surface area contributed by atoms with Gasteiger partial charge in [-0.15, -0.1) is 0 Å².